The minimum absolute atomic E-state index is 0.0201. The van der Waals surface area contributed by atoms with Gasteiger partial charge in [-0.15, -0.1) is 0 Å². The number of halogens is 2. The lowest BCUT2D eigenvalue weighted by atomic mass is 9.92. The van der Waals surface area contributed by atoms with Crippen LogP contribution in [0.1, 0.15) is 31.7 Å². The molecule has 1 saturated heterocycles. The molecule has 9 nitrogen and oxygen atoms in total. The lowest BCUT2D eigenvalue weighted by molar-refractivity contribution is -0.139. The number of benzene rings is 1. The SMILES string of the molecule is C=C[C@]1(C(=O)N[C@@H]2CO[C@H](C(=O)NS(=O)(=O)CCC)C2)CC(c2cc(F)cc(F)c2)=NO1. The van der Waals surface area contributed by atoms with E-state index in [1.54, 1.807) is 6.92 Å². The van der Waals surface area contributed by atoms with Crippen LogP contribution in [0.5, 0.6) is 0 Å². The van der Waals surface area contributed by atoms with Crippen LogP contribution in [0.3, 0.4) is 0 Å². The highest BCUT2D eigenvalue weighted by atomic mass is 32.2. The number of rotatable bonds is 8. The Balaban J connectivity index is 1.61. The summed E-state index contributed by atoms with van der Waals surface area (Å²) in [5, 5.41) is 6.47. The first-order valence-corrected chi connectivity index (χ1v) is 11.5. The van der Waals surface area contributed by atoms with E-state index in [-0.39, 0.29) is 36.5 Å². The van der Waals surface area contributed by atoms with Crippen LogP contribution >= 0.6 is 0 Å². The Labute approximate surface area is 183 Å². The maximum Gasteiger partial charge on any atom is 0.271 e. The van der Waals surface area contributed by atoms with Crippen molar-refractivity contribution < 1.29 is 36.4 Å². The second-order valence-electron chi connectivity index (χ2n) is 7.57. The molecule has 174 valence electrons. The van der Waals surface area contributed by atoms with Crippen molar-refractivity contribution in [1.82, 2.24) is 10.0 Å². The van der Waals surface area contributed by atoms with E-state index >= 15 is 0 Å². The highest BCUT2D eigenvalue weighted by Crippen LogP contribution is 2.29. The van der Waals surface area contributed by atoms with Crippen molar-refractivity contribution >= 4 is 27.5 Å². The fourth-order valence-electron chi connectivity index (χ4n) is 3.41. The summed E-state index contributed by atoms with van der Waals surface area (Å²) in [6, 6.07) is 2.27. The van der Waals surface area contributed by atoms with Gasteiger partial charge in [-0.2, -0.15) is 0 Å². The predicted octanol–water partition coefficient (Wildman–Crippen LogP) is 1.14. The molecule has 2 heterocycles. The molecule has 2 aliphatic rings. The normalized spacial score (nSPS) is 25.0. The van der Waals surface area contributed by atoms with Crippen LogP contribution in [0.4, 0.5) is 8.78 Å². The van der Waals surface area contributed by atoms with E-state index in [2.05, 4.69) is 17.1 Å². The second-order valence-corrected chi connectivity index (χ2v) is 9.41. The van der Waals surface area contributed by atoms with Crippen molar-refractivity contribution in [2.24, 2.45) is 5.16 Å². The zero-order chi connectivity index (χ0) is 23.5. The molecule has 3 atom stereocenters. The van der Waals surface area contributed by atoms with Gasteiger partial charge in [0.1, 0.15) is 17.7 Å². The van der Waals surface area contributed by atoms with E-state index in [1.165, 1.54) is 6.08 Å². The summed E-state index contributed by atoms with van der Waals surface area (Å²) in [5.41, 5.74) is -1.31. The van der Waals surface area contributed by atoms with Gasteiger partial charge >= 0.3 is 0 Å². The number of amides is 2. The molecule has 2 amide bonds. The van der Waals surface area contributed by atoms with Crippen molar-refractivity contribution in [2.75, 3.05) is 12.4 Å². The summed E-state index contributed by atoms with van der Waals surface area (Å²) < 4.78 is 57.8. The van der Waals surface area contributed by atoms with Crippen molar-refractivity contribution in [1.29, 1.82) is 0 Å². The third-order valence-corrected chi connectivity index (χ3v) is 6.47. The molecule has 0 aromatic heterocycles. The highest BCUT2D eigenvalue weighted by Gasteiger charge is 2.46. The zero-order valence-electron chi connectivity index (χ0n) is 17.3. The van der Waals surface area contributed by atoms with Crippen LogP contribution in [-0.2, 0) is 29.2 Å². The predicted molar refractivity (Wildman–Crippen MR) is 110 cm³/mol. The molecule has 2 N–H and O–H groups in total. The van der Waals surface area contributed by atoms with Gasteiger partial charge in [0.05, 0.1) is 24.1 Å². The van der Waals surface area contributed by atoms with Crippen molar-refractivity contribution in [3.8, 4) is 0 Å². The van der Waals surface area contributed by atoms with E-state index in [0.29, 0.717) is 12.5 Å². The molecule has 2 aliphatic heterocycles. The summed E-state index contributed by atoms with van der Waals surface area (Å²) >= 11 is 0. The van der Waals surface area contributed by atoms with Gasteiger partial charge in [0, 0.05) is 24.5 Å². The average Bonchev–Trinajstić information content (AvgIpc) is 3.34. The molecule has 0 bridgehead atoms. The van der Waals surface area contributed by atoms with Gasteiger partial charge in [-0.3, -0.25) is 14.3 Å². The van der Waals surface area contributed by atoms with Crippen molar-refractivity contribution in [3.05, 3.63) is 48.1 Å². The zero-order valence-corrected chi connectivity index (χ0v) is 18.1. The maximum atomic E-state index is 13.5. The quantitative estimate of drug-likeness (QED) is 0.549. The molecule has 0 radical (unpaired) electrons. The summed E-state index contributed by atoms with van der Waals surface area (Å²) in [4.78, 5) is 30.3. The van der Waals surface area contributed by atoms with Crippen molar-refractivity contribution in [3.63, 3.8) is 0 Å². The van der Waals surface area contributed by atoms with Gasteiger partial charge in [0.15, 0.2) is 0 Å². The van der Waals surface area contributed by atoms with Gasteiger partial charge in [-0.1, -0.05) is 18.7 Å². The molecule has 0 unspecified atom stereocenters. The van der Waals surface area contributed by atoms with E-state index in [4.69, 9.17) is 9.57 Å². The maximum absolute atomic E-state index is 13.5. The molecule has 1 fully saturated rings. The molecule has 0 spiro atoms. The molecule has 1 aromatic carbocycles. The van der Waals surface area contributed by atoms with Crippen LogP contribution < -0.4 is 10.0 Å². The highest BCUT2D eigenvalue weighted by molar-refractivity contribution is 7.90. The van der Waals surface area contributed by atoms with E-state index in [1.807, 2.05) is 4.72 Å². The van der Waals surface area contributed by atoms with Crippen LogP contribution in [-0.4, -0.2) is 56.1 Å². The molecule has 12 heteroatoms. The van der Waals surface area contributed by atoms with Gasteiger partial charge in [0.2, 0.25) is 15.6 Å². The summed E-state index contributed by atoms with van der Waals surface area (Å²) in [7, 11) is -3.74. The number of hydrogen-bond acceptors (Lipinski definition) is 7. The summed E-state index contributed by atoms with van der Waals surface area (Å²) in [5.74, 6) is -3.21. The summed E-state index contributed by atoms with van der Waals surface area (Å²) in [6.07, 6.45) is 0.472. The molecule has 0 saturated carbocycles. The van der Waals surface area contributed by atoms with E-state index in [0.717, 1.165) is 12.1 Å². The smallest absolute Gasteiger partial charge is 0.271 e. The number of sulfonamides is 1. The third kappa shape index (κ3) is 5.30. The summed E-state index contributed by atoms with van der Waals surface area (Å²) in [6.45, 7) is 5.25. The monoisotopic (exact) mass is 471 g/mol. The first-order chi connectivity index (χ1) is 15.1. The largest absolute Gasteiger partial charge is 0.374 e. The third-order valence-electron chi connectivity index (χ3n) is 5.01. The molecular weight excluding hydrogens is 448 g/mol. The number of nitrogens with one attached hydrogen (secondary N) is 2. The standard InChI is InChI=1S/C20H23F2N3O6S/c1-3-5-32(28,29)25-18(26)17-9-15(11-30-17)23-19(27)20(4-2)10-16(24-31-20)12-6-13(21)8-14(22)7-12/h4,6-8,15,17H,2-3,5,9-11H2,1H3,(H,23,27)(H,25,26)/t15-,17-,20+/m0/s1. The molecule has 32 heavy (non-hydrogen) atoms. The Hall–Kier alpha value is -2.86. The molecule has 0 aliphatic carbocycles. The molecule has 3 rings (SSSR count). The number of hydrogen-bond donors (Lipinski definition) is 2. The number of carbonyl (C=O) groups is 2. The van der Waals surface area contributed by atoms with Gasteiger partial charge in [-0.05, 0) is 24.6 Å². The van der Waals surface area contributed by atoms with E-state index in [9.17, 15) is 26.8 Å². The van der Waals surface area contributed by atoms with Crippen LogP contribution in [0.25, 0.3) is 0 Å². The number of ether oxygens (including phenoxy) is 1. The Morgan fingerprint density at radius 1 is 1.31 bits per heavy atom. The lowest BCUT2D eigenvalue weighted by Crippen LogP contribution is -2.49. The van der Waals surface area contributed by atoms with Crippen LogP contribution in [0, 0.1) is 11.6 Å². The van der Waals surface area contributed by atoms with Gasteiger partial charge in [-0.25, -0.2) is 17.2 Å². The van der Waals surface area contributed by atoms with Crippen molar-refractivity contribution in [2.45, 2.75) is 43.9 Å². The Morgan fingerprint density at radius 2 is 2.00 bits per heavy atom. The minimum Gasteiger partial charge on any atom is -0.374 e. The molecular formula is C20H23F2N3O6S. The second kappa shape index (κ2) is 9.33. The fourth-order valence-corrected chi connectivity index (χ4v) is 4.48. The first kappa shape index (κ1) is 23.8. The number of carbonyl (C=O) groups excluding carboxylic acids is 2. The first-order valence-electron chi connectivity index (χ1n) is 9.89. The molecule has 1 aromatic rings. The lowest BCUT2D eigenvalue weighted by Gasteiger charge is -2.23. The average molecular weight is 471 g/mol. The van der Waals surface area contributed by atoms with Gasteiger partial charge < -0.3 is 14.9 Å². The van der Waals surface area contributed by atoms with Crippen LogP contribution in [0.15, 0.2) is 36.0 Å². The Morgan fingerprint density at radius 3 is 2.62 bits per heavy atom. The van der Waals surface area contributed by atoms with E-state index < -0.39 is 51.2 Å². The number of oxime groups is 1. The fraction of sp³-hybridized carbons (Fsp3) is 0.450. The Bertz CT molecular complexity index is 1040. The van der Waals surface area contributed by atoms with Crippen LogP contribution in [0.2, 0.25) is 0 Å². The minimum atomic E-state index is -3.74. The Kier molecular flexibility index (Phi) is 6.94. The topological polar surface area (TPSA) is 123 Å². The number of nitrogens with zero attached hydrogens (tertiary/aromatic N) is 1. The van der Waals surface area contributed by atoms with Gasteiger partial charge in [0.25, 0.3) is 11.8 Å².